The summed E-state index contributed by atoms with van der Waals surface area (Å²) in [6, 6.07) is 10.0. The van der Waals surface area contributed by atoms with Crippen LogP contribution in [0.25, 0.3) is 10.9 Å². The summed E-state index contributed by atoms with van der Waals surface area (Å²) in [7, 11) is 0. The summed E-state index contributed by atoms with van der Waals surface area (Å²) in [6.07, 6.45) is -0.161. The largest absolute Gasteiger partial charge is 0.376 e. The predicted octanol–water partition coefficient (Wildman–Crippen LogP) is 2.13. The Morgan fingerprint density at radius 2 is 2.18 bits per heavy atom. The smallest absolute Gasteiger partial charge is 0.122 e. The van der Waals surface area contributed by atoms with Gasteiger partial charge in [-0.25, -0.2) is 0 Å². The first-order valence-electron chi connectivity index (χ1n) is 5.60. The van der Waals surface area contributed by atoms with E-state index >= 15 is 0 Å². The third-order valence-corrected chi connectivity index (χ3v) is 2.98. The summed E-state index contributed by atoms with van der Waals surface area (Å²) in [5.74, 6) is 0. The van der Waals surface area contributed by atoms with Crippen LogP contribution in [-0.2, 0) is 9.47 Å². The second-order valence-electron chi connectivity index (χ2n) is 4.01. The molecule has 1 aliphatic rings. The topological polar surface area (TPSA) is 58.0 Å². The molecule has 1 aromatic heterocycles. The number of ether oxygens (including phenoxy) is 2. The van der Waals surface area contributed by atoms with Gasteiger partial charge in [-0.3, -0.25) is 0 Å². The zero-order valence-corrected chi connectivity index (χ0v) is 9.27. The summed E-state index contributed by atoms with van der Waals surface area (Å²) in [6.45, 7) is 1.70. The minimum absolute atomic E-state index is 0.161. The van der Waals surface area contributed by atoms with Crippen molar-refractivity contribution >= 4 is 10.9 Å². The maximum atomic E-state index is 9.27. The highest BCUT2D eigenvalue weighted by Gasteiger charge is 2.23. The molecule has 2 heterocycles. The molecular weight excluding hydrogens is 216 g/mol. The van der Waals surface area contributed by atoms with Gasteiger partial charge in [-0.05, 0) is 6.07 Å². The van der Waals surface area contributed by atoms with Gasteiger partial charge >= 0.3 is 0 Å². The van der Waals surface area contributed by atoms with Crippen LogP contribution in [0, 0.1) is 11.3 Å². The van der Waals surface area contributed by atoms with Gasteiger partial charge in [0.15, 0.2) is 0 Å². The van der Waals surface area contributed by atoms with E-state index in [2.05, 4.69) is 11.1 Å². The number of hydrogen-bond donors (Lipinski definition) is 1. The fraction of sp³-hybridized carbons (Fsp3) is 0.308. The van der Waals surface area contributed by atoms with Gasteiger partial charge in [-0.1, -0.05) is 18.2 Å². The van der Waals surface area contributed by atoms with Crippen LogP contribution in [-0.4, -0.2) is 24.8 Å². The molecule has 86 valence electrons. The molecule has 0 amide bonds. The normalized spacial score (nSPS) is 20.3. The predicted molar refractivity (Wildman–Crippen MR) is 62.5 cm³/mol. The number of H-pyrrole nitrogens is 1. The minimum atomic E-state index is -0.161. The fourth-order valence-corrected chi connectivity index (χ4v) is 2.18. The van der Waals surface area contributed by atoms with Gasteiger partial charge in [0.2, 0.25) is 0 Å². The monoisotopic (exact) mass is 228 g/mol. The van der Waals surface area contributed by atoms with Gasteiger partial charge < -0.3 is 14.5 Å². The summed E-state index contributed by atoms with van der Waals surface area (Å²) >= 11 is 0. The lowest BCUT2D eigenvalue weighted by atomic mass is 10.1. The summed E-state index contributed by atoms with van der Waals surface area (Å²) in [5.41, 5.74) is 2.46. The van der Waals surface area contributed by atoms with E-state index in [0.717, 1.165) is 16.6 Å². The highest BCUT2D eigenvalue weighted by atomic mass is 16.6. The minimum Gasteiger partial charge on any atom is -0.376 e. The molecule has 1 atom stereocenters. The lowest BCUT2D eigenvalue weighted by Crippen LogP contribution is -2.22. The third-order valence-electron chi connectivity index (χ3n) is 2.98. The molecular formula is C13H12N2O2. The molecule has 3 rings (SSSR count). The number of fused-ring (bicyclic) bond motifs is 1. The van der Waals surface area contributed by atoms with Crippen molar-refractivity contribution < 1.29 is 9.47 Å². The molecule has 1 N–H and O–H groups in total. The van der Waals surface area contributed by atoms with Gasteiger partial charge in [-0.15, -0.1) is 0 Å². The number of aromatic amines is 1. The maximum absolute atomic E-state index is 9.27. The van der Waals surface area contributed by atoms with Crippen LogP contribution in [0.4, 0.5) is 0 Å². The first-order chi connectivity index (χ1) is 8.40. The number of benzene rings is 1. The van der Waals surface area contributed by atoms with E-state index in [1.54, 1.807) is 0 Å². The Labute approximate surface area is 98.8 Å². The van der Waals surface area contributed by atoms with Crippen LogP contribution >= 0.6 is 0 Å². The molecule has 2 aromatic rings. The van der Waals surface area contributed by atoms with Gasteiger partial charge in [0.25, 0.3) is 0 Å². The quantitative estimate of drug-likeness (QED) is 0.813. The number of para-hydroxylation sites is 1. The second-order valence-corrected chi connectivity index (χ2v) is 4.01. The zero-order chi connectivity index (χ0) is 11.7. The number of nitrogens with one attached hydrogen (secondary N) is 1. The van der Waals surface area contributed by atoms with Crippen LogP contribution in [0.15, 0.2) is 24.3 Å². The molecule has 1 aromatic carbocycles. The van der Waals surface area contributed by atoms with Crippen LogP contribution in [0.3, 0.4) is 0 Å². The number of nitriles is 1. The van der Waals surface area contributed by atoms with Crippen LogP contribution in [0.2, 0.25) is 0 Å². The SMILES string of the molecule is N#Cc1c(C2COCCO2)[nH]c2ccccc12. The summed E-state index contributed by atoms with van der Waals surface area (Å²) in [5, 5.41) is 10.2. The molecule has 0 spiro atoms. The molecule has 1 aliphatic heterocycles. The molecule has 0 radical (unpaired) electrons. The maximum Gasteiger partial charge on any atom is 0.122 e. The molecule has 4 nitrogen and oxygen atoms in total. The number of nitrogens with zero attached hydrogens (tertiary/aromatic N) is 1. The molecule has 4 heteroatoms. The van der Waals surface area contributed by atoms with Crippen LogP contribution in [0.5, 0.6) is 0 Å². The number of rotatable bonds is 1. The van der Waals surface area contributed by atoms with E-state index in [1.807, 2.05) is 24.3 Å². The Morgan fingerprint density at radius 3 is 2.94 bits per heavy atom. The van der Waals surface area contributed by atoms with Gasteiger partial charge in [0.1, 0.15) is 12.2 Å². The van der Waals surface area contributed by atoms with Crippen molar-refractivity contribution in [3.63, 3.8) is 0 Å². The summed E-state index contributed by atoms with van der Waals surface area (Å²) in [4.78, 5) is 3.26. The number of hydrogen-bond acceptors (Lipinski definition) is 3. The van der Waals surface area contributed by atoms with Crippen molar-refractivity contribution in [3.05, 3.63) is 35.5 Å². The van der Waals surface area contributed by atoms with E-state index in [4.69, 9.17) is 9.47 Å². The molecule has 1 unspecified atom stereocenters. The lowest BCUT2D eigenvalue weighted by Gasteiger charge is -2.22. The molecule has 1 saturated heterocycles. The van der Waals surface area contributed by atoms with Crippen LogP contribution in [0.1, 0.15) is 17.4 Å². The Hall–Kier alpha value is -1.83. The molecule has 0 saturated carbocycles. The average molecular weight is 228 g/mol. The molecule has 1 fully saturated rings. The van der Waals surface area contributed by atoms with E-state index in [0.29, 0.717) is 25.4 Å². The van der Waals surface area contributed by atoms with Crippen LogP contribution < -0.4 is 0 Å². The van der Waals surface area contributed by atoms with Crippen molar-refractivity contribution in [1.29, 1.82) is 5.26 Å². The van der Waals surface area contributed by atoms with E-state index < -0.39 is 0 Å². The van der Waals surface area contributed by atoms with Gasteiger partial charge in [0.05, 0.1) is 31.1 Å². The van der Waals surface area contributed by atoms with Crippen molar-refractivity contribution in [2.45, 2.75) is 6.10 Å². The Bertz CT molecular complexity index is 577. The van der Waals surface area contributed by atoms with Crippen molar-refractivity contribution in [3.8, 4) is 6.07 Å². The average Bonchev–Trinajstić information content (AvgIpc) is 2.78. The van der Waals surface area contributed by atoms with Crippen molar-refractivity contribution in [1.82, 2.24) is 4.98 Å². The van der Waals surface area contributed by atoms with E-state index in [9.17, 15) is 5.26 Å². The summed E-state index contributed by atoms with van der Waals surface area (Å²) < 4.78 is 11.0. The first-order valence-corrected chi connectivity index (χ1v) is 5.60. The lowest BCUT2D eigenvalue weighted by molar-refractivity contribution is -0.0916. The van der Waals surface area contributed by atoms with Crippen molar-refractivity contribution in [2.75, 3.05) is 19.8 Å². The molecule has 0 bridgehead atoms. The Kier molecular flexibility index (Phi) is 2.56. The van der Waals surface area contributed by atoms with Crippen molar-refractivity contribution in [2.24, 2.45) is 0 Å². The molecule has 0 aliphatic carbocycles. The first kappa shape index (κ1) is 10.3. The Balaban J connectivity index is 2.12. The van der Waals surface area contributed by atoms with Gasteiger partial charge in [0, 0.05) is 10.9 Å². The highest BCUT2D eigenvalue weighted by molar-refractivity contribution is 5.87. The van der Waals surface area contributed by atoms with E-state index in [1.165, 1.54) is 0 Å². The Morgan fingerprint density at radius 1 is 1.29 bits per heavy atom. The standard InChI is InChI=1S/C13H12N2O2/c14-7-10-9-3-1-2-4-11(9)15-13(10)12-8-16-5-6-17-12/h1-4,12,15H,5-6,8H2. The van der Waals surface area contributed by atoms with Gasteiger partial charge in [-0.2, -0.15) is 5.26 Å². The highest BCUT2D eigenvalue weighted by Crippen LogP contribution is 2.29. The third kappa shape index (κ3) is 1.70. The zero-order valence-electron chi connectivity index (χ0n) is 9.27. The fourth-order valence-electron chi connectivity index (χ4n) is 2.18. The second kappa shape index (κ2) is 4.21. The van der Waals surface area contributed by atoms with E-state index in [-0.39, 0.29) is 6.10 Å². The number of aromatic nitrogens is 1. The molecule has 17 heavy (non-hydrogen) atoms.